The maximum atomic E-state index is 9.62. The van der Waals surface area contributed by atoms with E-state index in [4.69, 9.17) is 14.2 Å². The van der Waals surface area contributed by atoms with E-state index in [1.54, 1.807) is 0 Å². The summed E-state index contributed by atoms with van der Waals surface area (Å²) < 4.78 is 18.3. The lowest BCUT2D eigenvalue weighted by Crippen LogP contribution is -2.39. The van der Waals surface area contributed by atoms with Gasteiger partial charge in [-0.15, -0.1) is 0 Å². The van der Waals surface area contributed by atoms with Crippen molar-refractivity contribution in [2.75, 3.05) is 13.2 Å². The second kappa shape index (κ2) is 5.17. The maximum absolute atomic E-state index is 9.62. The molecule has 120 valence electrons. The molecule has 5 atom stereocenters. The Bertz CT molecular complexity index is 432. The van der Waals surface area contributed by atoms with Gasteiger partial charge >= 0.3 is 0 Å². The van der Waals surface area contributed by atoms with Gasteiger partial charge in [-0.2, -0.15) is 0 Å². The molecule has 3 fully saturated rings. The van der Waals surface area contributed by atoms with Crippen LogP contribution in [0.4, 0.5) is 0 Å². The largest absolute Gasteiger partial charge is 0.396 e. The first-order valence-electron chi connectivity index (χ1n) is 8.03. The lowest BCUT2D eigenvalue weighted by atomic mass is 9.86. The molecule has 3 saturated heterocycles. The Balaban J connectivity index is 1.66. The molecule has 0 bridgehead atoms. The zero-order valence-electron chi connectivity index (χ0n) is 13.6. The normalized spacial score (nSPS) is 46.8. The van der Waals surface area contributed by atoms with Crippen molar-refractivity contribution in [3.05, 3.63) is 11.8 Å². The zero-order chi connectivity index (χ0) is 15.3. The van der Waals surface area contributed by atoms with Gasteiger partial charge in [0.2, 0.25) is 0 Å². The molecular formula is C16H28O4Si. The quantitative estimate of drug-likeness (QED) is 0.813. The molecule has 5 heteroatoms. The fraction of sp³-hybridized carbons (Fsp3) is 0.875. The summed E-state index contributed by atoms with van der Waals surface area (Å²) in [6.45, 7) is 9.69. The number of rotatable bonds is 3. The second-order valence-corrected chi connectivity index (χ2v) is 13.3. The Kier molecular flexibility index (Phi) is 3.86. The van der Waals surface area contributed by atoms with Gasteiger partial charge in [0.05, 0.1) is 39.6 Å². The molecule has 0 amide bonds. The van der Waals surface area contributed by atoms with Gasteiger partial charge in [0, 0.05) is 18.3 Å². The smallest absolute Gasteiger partial charge is 0.172 e. The number of ether oxygens (including phenoxy) is 3. The van der Waals surface area contributed by atoms with Crippen molar-refractivity contribution < 1.29 is 19.3 Å². The Hall–Kier alpha value is -0.203. The average Bonchev–Trinajstić information content (AvgIpc) is 3.05. The maximum Gasteiger partial charge on any atom is 0.172 e. The molecule has 0 saturated carbocycles. The van der Waals surface area contributed by atoms with Crippen LogP contribution in [0.2, 0.25) is 19.6 Å². The molecule has 4 nitrogen and oxygen atoms in total. The molecule has 3 aliphatic heterocycles. The van der Waals surface area contributed by atoms with Crippen LogP contribution in [-0.2, 0) is 14.2 Å². The molecule has 21 heavy (non-hydrogen) atoms. The topological polar surface area (TPSA) is 47.9 Å². The zero-order valence-corrected chi connectivity index (χ0v) is 14.6. The molecule has 3 aliphatic rings. The van der Waals surface area contributed by atoms with E-state index in [9.17, 15) is 5.11 Å². The molecule has 0 unspecified atom stereocenters. The molecule has 0 aromatic heterocycles. The lowest BCUT2D eigenvalue weighted by Gasteiger charge is -2.30. The van der Waals surface area contributed by atoms with E-state index in [-0.39, 0.29) is 30.3 Å². The van der Waals surface area contributed by atoms with E-state index in [1.165, 1.54) is 0 Å². The molecule has 0 aromatic rings. The summed E-state index contributed by atoms with van der Waals surface area (Å²) in [5, 5.41) is 9.62. The minimum Gasteiger partial charge on any atom is -0.396 e. The fourth-order valence-corrected chi connectivity index (χ4v) is 4.34. The van der Waals surface area contributed by atoms with Crippen LogP contribution in [0.3, 0.4) is 0 Å². The van der Waals surface area contributed by atoms with Crippen molar-refractivity contribution in [1.29, 1.82) is 0 Å². The average molecular weight is 312 g/mol. The van der Waals surface area contributed by atoms with Crippen molar-refractivity contribution in [2.24, 2.45) is 5.41 Å². The van der Waals surface area contributed by atoms with Crippen LogP contribution >= 0.6 is 0 Å². The highest BCUT2D eigenvalue weighted by atomic mass is 28.3. The molecule has 0 aromatic carbocycles. The molecule has 1 spiro atoms. The summed E-state index contributed by atoms with van der Waals surface area (Å²) in [7, 11) is -1.19. The highest BCUT2D eigenvalue weighted by molar-refractivity contribution is 6.80. The van der Waals surface area contributed by atoms with E-state index in [2.05, 4.69) is 31.4 Å². The molecular weight excluding hydrogens is 284 g/mol. The van der Waals surface area contributed by atoms with Crippen molar-refractivity contribution in [3.8, 4) is 0 Å². The first-order chi connectivity index (χ1) is 9.75. The summed E-state index contributed by atoms with van der Waals surface area (Å²) in [6.07, 6.45) is 5.15. The predicted molar refractivity (Wildman–Crippen MR) is 83.7 cm³/mol. The summed E-state index contributed by atoms with van der Waals surface area (Å²) in [4.78, 5) is 0. The first-order valence-corrected chi connectivity index (χ1v) is 11.6. The number of hydrogen-bond acceptors (Lipinski definition) is 4. The van der Waals surface area contributed by atoms with Crippen molar-refractivity contribution >= 4 is 8.07 Å². The summed E-state index contributed by atoms with van der Waals surface area (Å²) in [6, 6.07) is 0. The van der Waals surface area contributed by atoms with Crippen LogP contribution in [0.15, 0.2) is 11.8 Å². The Morgan fingerprint density at radius 3 is 2.71 bits per heavy atom. The Morgan fingerprint density at radius 1 is 1.29 bits per heavy atom. The molecule has 3 rings (SSSR count). The minimum atomic E-state index is -1.19. The summed E-state index contributed by atoms with van der Waals surface area (Å²) in [5.41, 5.74) is 2.06. The van der Waals surface area contributed by atoms with E-state index < -0.39 is 13.9 Å². The van der Waals surface area contributed by atoms with Crippen molar-refractivity contribution in [1.82, 2.24) is 0 Å². The summed E-state index contributed by atoms with van der Waals surface area (Å²) in [5.74, 6) is -0.485. The van der Waals surface area contributed by atoms with Crippen LogP contribution in [-0.4, -0.2) is 50.5 Å². The number of aliphatic hydroxyl groups excluding tert-OH is 1. The van der Waals surface area contributed by atoms with Gasteiger partial charge in [0.25, 0.3) is 0 Å². The summed E-state index contributed by atoms with van der Waals surface area (Å²) >= 11 is 0. The first kappa shape index (κ1) is 15.7. The lowest BCUT2D eigenvalue weighted by molar-refractivity contribution is -0.226. The highest BCUT2D eigenvalue weighted by Crippen LogP contribution is 2.50. The predicted octanol–water partition coefficient (Wildman–Crippen LogP) is 2.48. The fourth-order valence-electron chi connectivity index (χ4n) is 3.55. The van der Waals surface area contributed by atoms with Crippen molar-refractivity contribution in [2.45, 2.75) is 69.9 Å². The molecule has 3 heterocycles. The van der Waals surface area contributed by atoms with Gasteiger partial charge in [0.1, 0.15) is 0 Å². The van der Waals surface area contributed by atoms with Crippen LogP contribution in [0.1, 0.15) is 26.2 Å². The van der Waals surface area contributed by atoms with Gasteiger partial charge < -0.3 is 19.3 Å². The van der Waals surface area contributed by atoms with Crippen LogP contribution in [0.5, 0.6) is 0 Å². The van der Waals surface area contributed by atoms with Gasteiger partial charge in [-0.3, -0.25) is 0 Å². The highest BCUT2D eigenvalue weighted by Gasteiger charge is 2.60. The second-order valence-electron chi connectivity index (χ2n) is 8.23. The van der Waals surface area contributed by atoms with Crippen LogP contribution in [0.25, 0.3) is 0 Å². The van der Waals surface area contributed by atoms with E-state index in [1.807, 2.05) is 6.92 Å². The minimum absolute atomic E-state index is 0.0396. The third-order valence-electron chi connectivity index (χ3n) is 4.85. The SMILES string of the molecule is C[C@@]1(CO)CO[C@@H]2C[C@@]3(CC[C@@H](/C=C/[Si](C)(C)C)O3)O[C@@H]21. The number of hydrogen-bond donors (Lipinski definition) is 1. The third-order valence-corrected chi connectivity index (χ3v) is 6.05. The number of fused-ring (bicyclic) bond motifs is 1. The van der Waals surface area contributed by atoms with Gasteiger partial charge in [-0.05, 0) is 6.42 Å². The van der Waals surface area contributed by atoms with E-state index >= 15 is 0 Å². The van der Waals surface area contributed by atoms with Crippen LogP contribution in [0, 0.1) is 5.41 Å². The van der Waals surface area contributed by atoms with Gasteiger partial charge in [-0.1, -0.05) is 38.3 Å². The van der Waals surface area contributed by atoms with Crippen molar-refractivity contribution in [3.63, 3.8) is 0 Å². The number of aliphatic hydroxyl groups is 1. The standard InChI is InChI=1S/C16H28O4Si/c1-15(10-17)11-18-13-9-16(20-14(13)15)7-5-12(19-16)6-8-21(2,3)4/h6,8,12-14,17H,5,7,9-11H2,1-4H3/b8-6+/t12-,13+,14-,15+,16+/m0/s1. The molecule has 0 aliphatic carbocycles. The monoisotopic (exact) mass is 312 g/mol. The van der Waals surface area contributed by atoms with E-state index in [0.29, 0.717) is 6.61 Å². The Morgan fingerprint density at radius 2 is 2.05 bits per heavy atom. The van der Waals surface area contributed by atoms with Crippen LogP contribution < -0.4 is 0 Å². The van der Waals surface area contributed by atoms with Gasteiger partial charge in [-0.25, -0.2) is 0 Å². The third kappa shape index (κ3) is 2.99. The van der Waals surface area contributed by atoms with E-state index in [0.717, 1.165) is 19.3 Å². The molecule has 0 radical (unpaired) electrons. The molecule has 1 N–H and O–H groups in total. The van der Waals surface area contributed by atoms with Gasteiger partial charge in [0.15, 0.2) is 5.79 Å². The Labute approximate surface area is 128 Å².